The largest absolute Gasteiger partial charge is 0.486 e. The first-order valence-corrected chi connectivity index (χ1v) is 8.12. The molecule has 26 heavy (non-hydrogen) atoms. The lowest BCUT2D eigenvalue weighted by Gasteiger charge is -2.18. The zero-order chi connectivity index (χ0) is 18.1. The Balaban J connectivity index is 1.69. The number of imide groups is 1. The quantitative estimate of drug-likeness (QED) is 0.617. The van der Waals surface area contributed by atoms with Crippen LogP contribution in [0.4, 0.5) is 0 Å². The number of hydrogen-bond donors (Lipinski definition) is 0. The molecule has 4 rings (SSSR count). The molecule has 6 heteroatoms. The van der Waals surface area contributed by atoms with E-state index in [1.165, 1.54) is 0 Å². The van der Waals surface area contributed by atoms with Crippen LogP contribution in [0.5, 0.6) is 11.5 Å². The van der Waals surface area contributed by atoms with E-state index in [0.717, 1.165) is 4.90 Å². The summed E-state index contributed by atoms with van der Waals surface area (Å²) in [4.78, 5) is 26.3. The second-order valence-corrected chi connectivity index (χ2v) is 5.90. The van der Waals surface area contributed by atoms with Crippen molar-refractivity contribution in [1.29, 1.82) is 5.26 Å². The fraction of sp³-hybridized carbons (Fsp3) is 0.150. The van der Waals surface area contributed by atoms with Gasteiger partial charge in [-0.3, -0.25) is 14.5 Å². The third kappa shape index (κ3) is 2.60. The van der Waals surface area contributed by atoms with Crippen molar-refractivity contribution in [3.8, 4) is 17.6 Å². The summed E-state index contributed by atoms with van der Waals surface area (Å²) in [6.07, 6.45) is 3.67. The molecule has 0 unspecified atom stereocenters. The molecule has 2 aliphatic heterocycles. The standard InChI is InChI=1S/C20H14N2O4/c21-11-13-9-17-18(26-8-4-3-7-25-17)10-14(13)12-22-19(23)15-5-1-2-6-16(15)20(22)24/h1-6,9-10H,7-8,12H2. The van der Waals surface area contributed by atoms with E-state index >= 15 is 0 Å². The molecule has 0 aromatic heterocycles. The Labute approximate surface area is 149 Å². The van der Waals surface area contributed by atoms with Crippen molar-refractivity contribution in [3.63, 3.8) is 0 Å². The highest BCUT2D eigenvalue weighted by atomic mass is 16.5. The second-order valence-electron chi connectivity index (χ2n) is 5.90. The Kier molecular flexibility index (Phi) is 3.90. The van der Waals surface area contributed by atoms with E-state index in [2.05, 4.69) is 6.07 Å². The highest BCUT2D eigenvalue weighted by molar-refractivity contribution is 6.21. The van der Waals surface area contributed by atoms with Crippen LogP contribution in [0.25, 0.3) is 0 Å². The van der Waals surface area contributed by atoms with Gasteiger partial charge in [-0.1, -0.05) is 12.1 Å². The normalized spacial score (nSPS) is 15.3. The lowest BCUT2D eigenvalue weighted by atomic mass is 10.1. The van der Waals surface area contributed by atoms with Crippen molar-refractivity contribution in [2.75, 3.05) is 13.2 Å². The van der Waals surface area contributed by atoms with Gasteiger partial charge in [0.2, 0.25) is 0 Å². The maximum absolute atomic E-state index is 12.6. The second kappa shape index (κ2) is 6.37. The zero-order valence-electron chi connectivity index (χ0n) is 13.8. The first-order valence-electron chi connectivity index (χ1n) is 8.12. The fourth-order valence-corrected chi connectivity index (χ4v) is 3.03. The van der Waals surface area contributed by atoms with Crippen LogP contribution in [0.1, 0.15) is 31.8 Å². The Morgan fingerprint density at radius 2 is 1.54 bits per heavy atom. The molecule has 0 spiro atoms. The summed E-state index contributed by atoms with van der Waals surface area (Å²) in [6.45, 7) is 0.773. The molecule has 0 radical (unpaired) electrons. The SMILES string of the molecule is N#Cc1cc2c(cc1CN1C(=O)c3ccccc3C1=O)OCC=CCO2. The molecule has 0 saturated heterocycles. The molecule has 0 N–H and O–H groups in total. The summed E-state index contributed by atoms with van der Waals surface area (Å²) >= 11 is 0. The van der Waals surface area contributed by atoms with Gasteiger partial charge in [0.15, 0.2) is 11.5 Å². The van der Waals surface area contributed by atoms with Gasteiger partial charge in [0, 0.05) is 6.07 Å². The van der Waals surface area contributed by atoms with Gasteiger partial charge >= 0.3 is 0 Å². The highest BCUT2D eigenvalue weighted by Crippen LogP contribution is 2.33. The van der Waals surface area contributed by atoms with Crippen LogP contribution in [0.2, 0.25) is 0 Å². The number of benzene rings is 2. The summed E-state index contributed by atoms with van der Waals surface area (Å²) < 4.78 is 11.2. The third-order valence-corrected chi connectivity index (χ3v) is 4.33. The predicted octanol–water partition coefficient (Wildman–Crippen LogP) is 2.68. The maximum Gasteiger partial charge on any atom is 0.261 e. The summed E-state index contributed by atoms with van der Waals surface area (Å²) in [7, 11) is 0. The van der Waals surface area contributed by atoms with E-state index in [1.54, 1.807) is 36.4 Å². The van der Waals surface area contributed by atoms with Crippen LogP contribution in [-0.4, -0.2) is 29.9 Å². The van der Waals surface area contributed by atoms with Crippen molar-refractivity contribution in [1.82, 2.24) is 4.90 Å². The van der Waals surface area contributed by atoms with Gasteiger partial charge in [-0.15, -0.1) is 0 Å². The predicted molar refractivity (Wildman–Crippen MR) is 91.9 cm³/mol. The van der Waals surface area contributed by atoms with Gasteiger partial charge in [0.1, 0.15) is 13.2 Å². The van der Waals surface area contributed by atoms with Crippen LogP contribution in [-0.2, 0) is 6.54 Å². The number of fused-ring (bicyclic) bond motifs is 2. The van der Waals surface area contributed by atoms with Crippen LogP contribution in [0.3, 0.4) is 0 Å². The van der Waals surface area contributed by atoms with Crippen molar-refractivity contribution in [2.45, 2.75) is 6.54 Å². The average Bonchev–Trinajstić information content (AvgIpc) is 2.88. The molecule has 6 nitrogen and oxygen atoms in total. The molecule has 2 aromatic rings. The lowest BCUT2D eigenvalue weighted by Crippen LogP contribution is -2.29. The molecule has 0 fully saturated rings. The Hall–Kier alpha value is -3.59. The van der Waals surface area contributed by atoms with Gasteiger partial charge in [-0.25, -0.2) is 0 Å². The van der Waals surface area contributed by atoms with Crippen LogP contribution in [0.15, 0.2) is 48.6 Å². The average molecular weight is 346 g/mol. The minimum Gasteiger partial charge on any atom is -0.486 e. The number of ether oxygens (including phenoxy) is 2. The minimum atomic E-state index is -0.360. The summed E-state index contributed by atoms with van der Waals surface area (Å²) in [5, 5.41) is 9.48. The van der Waals surface area contributed by atoms with Crippen molar-refractivity contribution < 1.29 is 19.1 Å². The van der Waals surface area contributed by atoms with Crippen LogP contribution >= 0.6 is 0 Å². The molecule has 0 saturated carbocycles. The van der Waals surface area contributed by atoms with E-state index in [4.69, 9.17) is 9.47 Å². The Bertz CT molecular complexity index is 953. The summed E-state index contributed by atoms with van der Waals surface area (Å²) in [5.74, 6) is 0.236. The number of amides is 2. The van der Waals surface area contributed by atoms with Gasteiger partial charge in [0.05, 0.1) is 29.3 Å². The first-order chi connectivity index (χ1) is 12.7. The van der Waals surface area contributed by atoms with Crippen LogP contribution < -0.4 is 9.47 Å². The molecule has 0 aliphatic carbocycles. The Morgan fingerprint density at radius 3 is 2.12 bits per heavy atom. The molecular formula is C20H14N2O4. The molecule has 2 aliphatic rings. The van der Waals surface area contributed by atoms with Crippen molar-refractivity contribution in [3.05, 3.63) is 70.8 Å². The van der Waals surface area contributed by atoms with Gasteiger partial charge < -0.3 is 9.47 Å². The minimum absolute atomic E-state index is 0.00171. The molecule has 2 aromatic carbocycles. The fourth-order valence-electron chi connectivity index (χ4n) is 3.03. The smallest absolute Gasteiger partial charge is 0.261 e. The monoisotopic (exact) mass is 346 g/mol. The lowest BCUT2D eigenvalue weighted by molar-refractivity contribution is 0.0642. The van der Waals surface area contributed by atoms with Gasteiger partial charge in [0.25, 0.3) is 11.8 Å². The molecule has 0 atom stereocenters. The highest BCUT2D eigenvalue weighted by Gasteiger charge is 2.35. The number of rotatable bonds is 2. The van der Waals surface area contributed by atoms with Crippen LogP contribution in [0, 0.1) is 11.3 Å². The van der Waals surface area contributed by atoms with E-state index in [1.807, 2.05) is 12.2 Å². The van der Waals surface area contributed by atoms with E-state index in [9.17, 15) is 14.9 Å². The summed E-state index contributed by atoms with van der Waals surface area (Å²) in [6, 6.07) is 12.1. The molecule has 0 bridgehead atoms. The third-order valence-electron chi connectivity index (χ3n) is 4.33. The van der Waals surface area contributed by atoms with E-state index in [-0.39, 0.29) is 18.4 Å². The molecule has 128 valence electrons. The first kappa shape index (κ1) is 15.9. The van der Waals surface area contributed by atoms with Crippen molar-refractivity contribution in [2.24, 2.45) is 0 Å². The Morgan fingerprint density at radius 1 is 0.962 bits per heavy atom. The zero-order valence-corrected chi connectivity index (χ0v) is 13.8. The maximum atomic E-state index is 12.6. The summed E-state index contributed by atoms with van der Waals surface area (Å²) in [5.41, 5.74) is 1.64. The van der Waals surface area contributed by atoms with E-state index < -0.39 is 0 Å². The van der Waals surface area contributed by atoms with Gasteiger partial charge in [-0.2, -0.15) is 5.26 Å². The number of carbonyl (C=O) groups excluding carboxylic acids is 2. The van der Waals surface area contributed by atoms with E-state index in [0.29, 0.717) is 47.0 Å². The topological polar surface area (TPSA) is 79.6 Å². The van der Waals surface area contributed by atoms with Crippen molar-refractivity contribution >= 4 is 11.8 Å². The number of hydrogen-bond acceptors (Lipinski definition) is 5. The molecule has 2 amide bonds. The number of nitrogens with zero attached hydrogens (tertiary/aromatic N) is 2. The number of carbonyl (C=O) groups is 2. The molecular weight excluding hydrogens is 332 g/mol. The van der Waals surface area contributed by atoms with Gasteiger partial charge in [-0.05, 0) is 35.9 Å². The number of nitriles is 1. The molecule has 2 heterocycles.